The third-order valence-corrected chi connectivity index (χ3v) is 3.36. The van der Waals surface area contributed by atoms with Crippen molar-refractivity contribution in [2.75, 3.05) is 0 Å². The van der Waals surface area contributed by atoms with Gasteiger partial charge in [-0.3, -0.25) is 4.98 Å². The fourth-order valence-electron chi connectivity index (χ4n) is 1.54. The van der Waals surface area contributed by atoms with Gasteiger partial charge in [-0.15, -0.1) is 0 Å². The SMILES string of the molecule is CC(C)c1cc(Cl)c2c(F)ccc(Br)c2n1. The number of rotatable bonds is 1. The third kappa shape index (κ3) is 1.94. The molecular weight excluding hydrogens is 292 g/mol. The first kappa shape index (κ1) is 11.8. The first-order valence-corrected chi connectivity index (χ1v) is 6.12. The largest absolute Gasteiger partial charge is 0.251 e. The van der Waals surface area contributed by atoms with E-state index >= 15 is 0 Å². The number of benzene rings is 1. The summed E-state index contributed by atoms with van der Waals surface area (Å²) in [5.74, 6) is -0.0805. The maximum Gasteiger partial charge on any atom is 0.134 e. The summed E-state index contributed by atoms with van der Waals surface area (Å²) in [5.41, 5.74) is 1.44. The molecule has 0 atom stereocenters. The number of aromatic nitrogens is 1. The monoisotopic (exact) mass is 301 g/mol. The smallest absolute Gasteiger partial charge is 0.134 e. The van der Waals surface area contributed by atoms with Crippen molar-refractivity contribution in [1.29, 1.82) is 0 Å². The summed E-state index contributed by atoms with van der Waals surface area (Å²) in [4.78, 5) is 4.42. The van der Waals surface area contributed by atoms with E-state index in [1.807, 2.05) is 13.8 Å². The Bertz CT molecular complexity index is 554. The first-order chi connectivity index (χ1) is 7.50. The van der Waals surface area contributed by atoms with E-state index < -0.39 is 0 Å². The molecule has 4 heteroatoms. The lowest BCUT2D eigenvalue weighted by Crippen LogP contribution is -1.95. The van der Waals surface area contributed by atoms with E-state index in [9.17, 15) is 4.39 Å². The van der Waals surface area contributed by atoms with E-state index in [2.05, 4.69) is 20.9 Å². The molecule has 1 aromatic carbocycles. The number of hydrogen-bond acceptors (Lipinski definition) is 1. The number of halogens is 3. The number of hydrogen-bond donors (Lipinski definition) is 0. The molecule has 16 heavy (non-hydrogen) atoms. The highest BCUT2D eigenvalue weighted by Crippen LogP contribution is 2.32. The van der Waals surface area contributed by atoms with Gasteiger partial charge >= 0.3 is 0 Å². The van der Waals surface area contributed by atoms with Gasteiger partial charge in [0, 0.05) is 10.2 Å². The molecule has 0 bridgehead atoms. The molecule has 0 aliphatic rings. The summed E-state index contributed by atoms with van der Waals surface area (Å²) >= 11 is 9.44. The Morgan fingerprint density at radius 2 is 2.06 bits per heavy atom. The molecule has 1 nitrogen and oxygen atoms in total. The molecule has 0 unspecified atom stereocenters. The molecule has 0 N–H and O–H groups in total. The van der Waals surface area contributed by atoms with Crippen LogP contribution in [0.15, 0.2) is 22.7 Å². The molecule has 0 spiro atoms. The van der Waals surface area contributed by atoms with Crippen LogP contribution in [0.25, 0.3) is 10.9 Å². The maximum atomic E-state index is 13.6. The van der Waals surface area contributed by atoms with Gasteiger partial charge in [-0.1, -0.05) is 25.4 Å². The van der Waals surface area contributed by atoms with E-state index in [-0.39, 0.29) is 11.7 Å². The Balaban J connectivity index is 2.86. The standard InChI is InChI=1S/C12H10BrClFN/c1-6(2)10-5-8(14)11-9(15)4-3-7(13)12(11)16-10/h3-6H,1-2H3. The average Bonchev–Trinajstić information content (AvgIpc) is 2.22. The molecule has 0 aliphatic carbocycles. The third-order valence-electron chi connectivity index (χ3n) is 2.42. The molecule has 2 rings (SSSR count). The van der Waals surface area contributed by atoms with E-state index in [0.717, 1.165) is 10.2 Å². The lowest BCUT2D eigenvalue weighted by Gasteiger charge is -2.09. The van der Waals surface area contributed by atoms with Gasteiger partial charge in [-0.2, -0.15) is 0 Å². The Morgan fingerprint density at radius 1 is 1.38 bits per heavy atom. The number of pyridine rings is 1. The Kier molecular flexibility index (Phi) is 3.17. The number of fused-ring (bicyclic) bond motifs is 1. The van der Waals surface area contributed by atoms with Crippen molar-refractivity contribution in [1.82, 2.24) is 4.98 Å². The molecule has 0 fully saturated rings. The highest BCUT2D eigenvalue weighted by atomic mass is 79.9. The van der Waals surface area contributed by atoms with Crippen LogP contribution in [0.2, 0.25) is 5.02 Å². The van der Waals surface area contributed by atoms with Crippen LogP contribution in [0.4, 0.5) is 4.39 Å². The summed E-state index contributed by atoms with van der Waals surface area (Å²) in [5, 5.41) is 0.785. The van der Waals surface area contributed by atoms with Gasteiger partial charge in [-0.05, 0) is 40.0 Å². The Hall–Kier alpha value is -0.670. The van der Waals surface area contributed by atoms with Crippen molar-refractivity contribution in [3.8, 4) is 0 Å². The van der Waals surface area contributed by atoms with Crippen LogP contribution in [-0.4, -0.2) is 4.98 Å². The van der Waals surface area contributed by atoms with Gasteiger partial charge in [0.2, 0.25) is 0 Å². The number of nitrogens with zero attached hydrogens (tertiary/aromatic N) is 1. The van der Waals surface area contributed by atoms with Crippen LogP contribution in [-0.2, 0) is 0 Å². The minimum atomic E-state index is -0.342. The van der Waals surface area contributed by atoms with Crippen molar-refractivity contribution in [3.63, 3.8) is 0 Å². The molecule has 0 radical (unpaired) electrons. The highest BCUT2D eigenvalue weighted by molar-refractivity contribution is 9.10. The van der Waals surface area contributed by atoms with Crippen molar-refractivity contribution in [2.24, 2.45) is 0 Å². The quantitative estimate of drug-likeness (QED) is 0.729. The van der Waals surface area contributed by atoms with Crippen LogP contribution < -0.4 is 0 Å². The summed E-state index contributed by atoms with van der Waals surface area (Å²) in [6.07, 6.45) is 0. The van der Waals surface area contributed by atoms with Crippen molar-refractivity contribution >= 4 is 38.4 Å². The molecule has 0 saturated carbocycles. The normalized spacial score (nSPS) is 11.4. The van der Waals surface area contributed by atoms with E-state index in [1.165, 1.54) is 6.07 Å². The topological polar surface area (TPSA) is 12.9 Å². The van der Waals surface area contributed by atoms with Gasteiger partial charge in [0.25, 0.3) is 0 Å². The fraction of sp³-hybridized carbons (Fsp3) is 0.250. The summed E-state index contributed by atoms with van der Waals surface area (Å²) in [6, 6.07) is 4.75. The zero-order valence-corrected chi connectivity index (χ0v) is 11.2. The van der Waals surface area contributed by atoms with Gasteiger partial charge in [-0.25, -0.2) is 4.39 Å². The second-order valence-electron chi connectivity index (χ2n) is 3.94. The highest BCUT2D eigenvalue weighted by Gasteiger charge is 2.12. The predicted molar refractivity (Wildman–Crippen MR) is 68.5 cm³/mol. The lowest BCUT2D eigenvalue weighted by molar-refractivity contribution is 0.639. The molecule has 0 saturated heterocycles. The summed E-state index contributed by atoms with van der Waals surface area (Å²) < 4.78 is 14.4. The van der Waals surface area contributed by atoms with Crippen molar-refractivity contribution in [3.05, 3.63) is 39.2 Å². The second kappa shape index (κ2) is 4.30. The van der Waals surface area contributed by atoms with Crippen LogP contribution in [0.1, 0.15) is 25.5 Å². The fourth-order valence-corrected chi connectivity index (χ4v) is 2.25. The van der Waals surface area contributed by atoms with Gasteiger partial charge in [0.15, 0.2) is 0 Å². The summed E-state index contributed by atoms with van der Waals surface area (Å²) in [6.45, 7) is 4.05. The second-order valence-corrected chi connectivity index (χ2v) is 5.20. The summed E-state index contributed by atoms with van der Waals surface area (Å²) in [7, 11) is 0. The van der Waals surface area contributed by atoms with E-state index in [0.29, 0.717) is 15.9 Å². The van der Waals surface area contributed by atoms with E-state index in [4.69, 9.17) is 11.6 Å². The molecule has 1 aromatic heterocycles. The average molecular weight is 303 g/mol. The van der Waals surface area contributed by atoms with Crippen LogP contribution in [0, 0.1) is 5.82 Å². The minimum absolute atomic E-state index is 0.261. The Morgan fingerprint density at radius 3 is 2.69 bits per heavy atom. The zero-order chi connectivity index (χ0) is 11.9. The van der Waals surface area contributed by atoms with Gasteiger partial charge in [0.05, 0.1) is 15.9 Å². The first-order valence-electron chi connectivity index (χ1n) is 4.95. The predicted octanol–water partition coefficient (Wildman–Crippen LogP) is 4.91. The molecule has 84 valence electrons. The zero-order valence-electron chi connectivity index (χ0n) is 8.89. The van der Waals surface area contributed by atoms with Gasteiger partial charge < -0.3 is 0 Å². The molecule has 0 aliphatic heterocycles. The molecular formula is C12H10BrClFN. The lowest BCUT2D eigenvalue weighted by atomic mass is 10.1. The molecule has 2 aromatic rings. The maximum absolute atomic E-state index is 13.6. The molecule has 1 heterocycles. The minimum Gasteiger partial charge on any atom is -0.251 e. The molecule has 0 amide bonds. The van der Waals surface area contributed by atoms with Crippen LogP contribution >= 0.6 is 27.5 Å². The van der Waals surface area contributed by atoms with Crippen molar-refractivity contribution in [2.45, 2.75) is 19.8 Å². The Labute approximate surface area is 107 Å². The van der Waals surface area contributed by atoms with E-state index in [1.54, 1.807) is 12.1 Å². The van der Waals surface area contributed by atoms with Gasteiger partial charge in [0.1, 0.15) is 5.82 Å². The van der Waals surface area contributed by atoms with Crippen molar-refractivity contribution < 1.29 is 4.39 Å². The van der Waals surface area contributed by atoms with Crippen LogP contribution in [0.5, 0.6) is 0 Å². The van der Waals surface area contributed by atoms with Crippen LogP contribution in [0.3, 0.4) is 0 Å².